The van der Waals surface area contributed by atoms with Crippen molar-refractivity contribution in [3.63, 3.8) is 0 Å². The number of likely N-dealkylation sites (N-methyl/N-ethyl adjacent to an activating group) is 1. The van der Waals surface area contributed by atoms with Crippen LogP contribution in [0, 0.1) is 0 Å². The summed E-state index contributed by atoms with van der Waals surface area (Å²) in [5.41, 5.74) is 0. The third kappa shape index (κ3) is 5.26. The maximum Gasteiger partial charge on any atom is 0.406 e. The Hall–Kier alpha value is -1.51. The number of carbonyl (C=O) groups excluding carboxylic acids is 2. The van der Waals surface area contributed by atoms with E-state index >= 15 is 0 Å². The molecule has 9 heteroatoms. The molecular formula is C14H23F3N4O2. The molecule has 0 aromatic rings. The Morgan fingerprint density at radius 3 is 2.48 bits per heavy atom. The molecule has 0 aliphatic carbocycles. The average molecular weight is 336 g/mol. The van der Waals surface area contributed by atoms with Crippen molar-refractivity contribution in [1.29, 1.82) is 0 Å². The summed E-state index contributed by atoms with van der Waals surface area (Å²) in [7, 11) is 1.07. The van der Waals surface area contributed by atoms with E-state index < -0.39 is 25.2 Å². The Morgan fingerprint density at radius 1 is 1.22 bits per heavy atom. The maximum absolute atomic E-state index is 12.2. The molecule has 0 saturated carbocycles. The van der Waals surface area contributed by atoms with Gasteiger partial charge in [-0.3, -0.25) is 9.69 Å². The summed E-state index contributed by atoms with van der Waals surface area (Å²) < 4.78 is 36.6. The summed E-state index contributed by atoms with van der Waals surface area (Å²) in [6.07, 6.45) is -1.17. The zero-order valence-corrected chi connectivity index (χ0v) is 13.2. The number of nitrogens with one attached hydrogen (secondary N) is 1. The number of hydrogen-bond acceptors (Lipinski definition) is 3. The van der Waals surface area contributed by atoms with Gasteiger partial charge in [0.05, 0.1) is 6.54 Å². The third-order valence-electron chi connectivity index (χ3n) is 4.34. The second-order valence-corrected chi connectivity index (χ2v) is 6.16. The van der Waals surface area contributed by atoms with Crippen LogP contribution in [0.25, 0.3) is 0 Å². The lowest BCUT2D eigenvalue weighted by Gasteiger charge is -2.24. The van der Waals surface area contributed by atoms with Crippen LogP contribution in [0.2, 0.25) is 0 Å². The fraction of sp³-hybridized carbons (Fsp3) is 0.857. The first-order valence-electron chi connectivity index (χ1n) is 7.84. The van der Waals surface area contributed by atoms with Crippen LogP contribution in [-0.2, 0) is 4.79 Å². The van der Waals surface area contributed by atoms with Crippen LogP contribution in [0.4, 0.5) is 18.0 Å². The molecule has 1 N–H and O–H groups in total. The Labute approximate surface area is 133 Å². The average Bonchev–Trinajstić information content (AvgIpc) is 3.12. The summed E-state index contributed by atoms with van der Waals surface area (Å²) in [4.78, 5) is 28.2. The third-order valence-corrected chi connectivity index (χ3v) is 4.34. The molecule has 2 aliphatic rings. The summed E-state index contributed by atoms with van der Waals surface area (Å²) in [5, 5.41) is 2.41. The number of alkyl halides is 3. The number of hydrogen-bond donors (Lipinski definition) is 1. The topological polar surface area (TPSA) is 55.9 Å². The predicted octanol–water partition coefficient (Wildman–Crippen LogP) is 0.887. The quantitative estimate of drug-likeness (QED) is 0.829. The first kappa shape index (κ1) is 17.8. The lowest BCUT2D eigenvalue weighted by molar-refractivity contribution is -0.157. The molecular weight excluding hydrogens is 313 g/mol. The molecule has 0 unspecified atom stereocenters. The minimum Gasteiger partial charge on any atom is -0.335 e. The summed E-state index contributed by atoms with van der Waals surface area (Å²) in [5.74, 6) is -0.758. The molecule has 0 spiro atoms. The monoisotopic (exact) mass is 336 g/mol. The Kier molecular flexibility index (Phi) is 5.72. The lowest BCUT2D eigenvalue weighted by Crippen LogP contribution is -2.46. The molecule has 0 radical (unpaired) electrons. The van der Waals surface area contributed by atoms with E-state index in [-0.39, 0.29) is 6.03 Å². The van der Waals surface area contributed by atoms with Gasteiger partial charge in [-0.1, -0.05) is 0 Å². The number of likely N-dealkylation sites (tertiary alicyclic amines) is 2. The molecule has 2 aliphatic heterocycles. The van der Waals surface area contributed by atoms with Crippen molar-refractivity contribution >= 4 is 11.9 Å². The molecule has 3 amide bonds. The number of urea groups is 1. The summed E-state index contributed by atoms with van der Waals surface area (Å²) in [6.45, 7) is 1.60. The van der Waals surface area contributed by atoms with Crippen LogP contribution >= 0.6 is 0 Å². The second kappa shape index (κ2) is 7.37. The molecule has 23 heavy (non-hydrogen) atoms. The van der Waals surface area contributed by atoms with E-state index in [0.29, 0.717) is 24.0 Å². The molecule has 1 atom stereocenters. The minimum absolute atomic E-state index is 0.354. The molecule has 132 valence electrons. The summed E-state index contributed by atoms with van der Waals surface area (Å²) >= 11 is 0. The molecule has 0 bridgehead atoms. The van der Waals surface area contributed by atoms with E-state index in [9.17, 15) is 22.8 Å². The van der Waals surface area contributed by atoms with Gasteiger partial charge >= 0.3 is 12.2 Å². The predicted molar refractivity (Wildman–Crippen MR) is 77.9 cm³/mol. The zero-order valence-electron chi connectivity index (χ0n) is 13.2. The van der Waals surface area contributed by atoms with Crippen LogP contribution < -0.4 is 5.32 Å². The van der Waals surface area contributed by atoms with E-state index in [1.807, 2.05) is 0 Å². The number of halogens is 3. The molecule has 2 heterocycles. The molecule has 2 saturated heterocycles. The van der Waals surface area contributed by atoms with Gasteiger partial charge in [0, 0.05) is 26.2 Å². The largest absolute Gasteiger partial charge is 0.406 e. The molecule has 0 aromatic carbocycles. The zero-order chi connectivity index (χ0) is 17.0. The minimum atomic E-state index is -4.44. The number of amides is 3. The SMILES string of the molecule is CN(CC(F)(F)F)C(=O)CNC(=O)N1CC[C@@H](N2CCCC2)C1. The smallest absolute Gasteiger partial charge is 0.335 e. The van der Waals surface area contributed by atoms with Crippen molar-refractivity contribution in [3.8, 4) is 0 Å². The lowest BCUT2D eigenvalue weighted by atomic mass is 10.2. The van der Waals surface area contributed by atoms with E-state index in [1.54, 1.807) is 4.90 Å². The molecule has 0 aromatic heterocycles. The highest BCUT2D eigenvalue weighted by molar-refractivity contribution is 5.84. The fourth-order valence-electron chi connectivity index (χ4n) is 3.09. The number of rotatable bonds is 4. The highest BCUT2D eigenvalue weighted by Crippen LogP contribution is 2.20. The van der Waals surface area contributed by atoms with Gasteiger partial charge in [-0.2, -0.15) is 13.2 Å². The van der Waals surface area contributed by atoms with Gasteiger partial charge in [0.25, 0.3) is 0 Å². The molecule has 6 nitrogen and oxygen atoms in total. The number of carbonyl (C=O) groups is 2. The maximum atomic E-state index is 12.2. The van der Waals surface area contributed by atoms with Crippen LogP contribution in [0.1, 0.15) is 19.3 Å². The van der Waals surface area contributed by atoms with Gasteiger partial charge in [-0.05, 0) is 32.4 Å². The Morgan fingerprint density at radius 2 is 1.87 bits per heavy atom. The Bertz CT molecular complexity index is 438. The van der Waals surface area contributed by atoms with Crippen LogP contribution in [0.3, 0.4) is 0 Å². The first-order chi connectivity index (χ1) is 10.8. The molecule has 2 fully saturated rings. The molecule has 2 rings (SSSR count). The normalized spacial score (nSPS) is 22.4. The van der Waals surface area contributed by atoms with E-state index in [0.717, 1.165) is 26.6 Å². The van der Waals surface area contributed by atoms with Crippen LogP contribution in [-0.4, -0.2) is 85.2 Å². The van der Waals surface area contributed by atoms with Gasteiger partial charge in [-0.25, -0.2) is 4.79 Å². The van der Waals surface area contributed by atoms with E-state index in [4.69, 9.17) is 0 Å². The summed E-state index contributed by atoms with van der Waals surface area (Å²) in [6, 6.07) is -0.0349. The highest BCUT2D eigenvalue weighted by atomic mass is 19.4. The van der Waals surface area contributed by atoms with Gasteiger partial charge in [0.15, 0.2) is 0 Å². The number of nitrogens with zero attached hydrogens (tertiary/aromatic N) is 3. The standard InChI is InChI=1S/C14H23F3N4O2/c1-19(10-14(15,16)17)12(22)8-18-13(23)21-7-4-11(9-21)20-5-2-3-6-20/h11H,2-10H2,1H3,(H,18,23)/t11-/m1/s1. The van der Waals surface area contributed by atoms with Gasteiger partial charge in [0.1, 0.15) is 6.54 Å². The second-order valence-electron chi connectivity index (χ2n) is 6.16. The van der Waals surface area contributed by atoms with Gasteiger partial charge < -0.3 is 15.1 Å². The highest BCUT2D eigenvalue weighted by Gasteiger charge is 2.33. The van der Waals surface area contributed by atoms with Crippen molar-refractivity contribution in [2.75, 3.05) is 46.3 Å². The van der Waals surface area contributed by atoms with Crippen molar-refractivity contribution < 1.29 is 22.8 Å². The van der Waals surface area contributed by atoms with Crippen molar-refractivity contribution in [2.24, 2.45) is 0 Å². The van der Waals surface area contributed by atoms with Crippen LogP contribution in [0.15, 0.2) is 0 Å². The Balaban J connectivity index is 1.71. The van der Waals surface area contributed by atoms with Crippen LogP contribution in [0.5, 0.6) is 0 Å². The van der Waals surface area contributed by atoms with E-state index in [1.165, 1.54) is 12.8 Å². The van der Waals surface area contributed by atoms with Crippen molar-refractivity contribution in [1.82, 2.24) is 20.0 Å². The van der Waals surface area contributed by atoms with Gasteiger partial charge in [0.2, 0.25) is 5.91 Å². The van der Waals surface area contributed by atoms with Crippen molar-refractivity contribution in [2.45, 2.75) is 31.5 Å². The fourth-order valence-corrected chi connectivity index (χ4v) is 3.09. The van der Waals surface area contributed by atoms with E-state index in [2.05, 4.69) is 10.2 Å². The first-order valence-corrected chi connectivity index (χ1v) is 7.84. The van der Waals surface area contributed by atoms with Crippen molar-refractivity contribution in [3.05, 3.63) is 0 Å². The van der Waals surface area contributed by atoms with Gasteiger partial charge in [-0.15, -0.1) is 0 Å².